The van der Waals surface area contributed by atoms with Crippen molar-refractivity contribution < 1.29 is 4.79 Å². The molecule has 0 saturated carbocycles. The van der Waals surface area contributed by atoms with E-state index in [4.69, 9.17) is 0 Å². The summed E-state index contributed by atoms with van der Waals surface area (Å²) >= 11 is 0. The third kappa shape index (κ3) is 2.33. The maximum absolute atomic E-state index is 12.0. The molecule has 0 fully saturated rings. The summed E-state index contributed by atoms with van der Waals surface area (Å²) in [6.07, 6.45) is 3.64. The molecule has 0 aliphatic heterocycles. The first-order valence-electron chi connectivity index (χ1n) is 6.13. The van der Waals surface area contributed by atoms with Crippen LogP contribution in [-0.2, 0) is 4.79 Å². The highest BCUT2D eigenvalue weighted by Crippen LogP contribution is 2.22. The minimum atomic E-state index is 0.0974. The summed E-state index contributed by atoms with van der Waals surface area (Å²) in [4.78, 5) is 15.2. The van der Waals surface area contributed by atoms with E-state index in [1.165, 1.54) is 0 Å². The Bertz CT molecular complexity index is 512. The van der Waals surface area contributed by atoms with Crippen LogP contribution in [-0.4, -0.2) is 10.9 Å². The Morgan fingerprint density at radius 1 is 1.29 bits per heavy atom. The van der Waals surface area contributed by atoms with E-state index in [1.807, 2.05) is 44.3 Å². The second kappa shape index (κ2) is 5.04. The quantitative estimate of drug-likeness (QED) is 0.829. The van der Waals surface area contributed by atoms with Crippen LogP contribution in [0.5, 0.6) is 0 Å². The fourth-order valence-electron chi connectivity index (χ4n) is 2.08. The van der Waals surface area contributed by atoms with E-state index in [1.54, 1.807) is 0 Å². The van der Waals surface area contributed by atoms with E-state index >= 15 is 0 Å². The van der Waals surface area contributed by atoms with Gasteiger partial charge in [0, 0.05) is 17.5 Å². The van der Waals surface area contributed by atoms with E-state index in [0.717, 1.165) is 29.4 Å². The summed E-state index contributed by atoms with van der Waals surface area (Å²) in [6, 6.07) is 7.92. The highest BCUT2D eigenvalue weighted by atomic mass is 16.1. The molecule has 0 unspecified atom stereocenters. The molecule has 0 saturated heterocycles. The number of aromatic amines is 1. The molecule has 3 nitrogen and oxygen atoms in total. The summed E-state index contributed by atoms with van der Waals surface area (Å²) in [6.45, 7) is 4.09. The highest BCUT2D eigenvalue weighted by Gasteiger charge is 2.15. The van der Waals surface area contributed by atoms with Crippen LogP contribution >= 0.6 is 0 Å². The number of H-pyrrole nitrogens is 1. The normalized spacial score (nSPS) is 11.0. The molecule has 2 N–H and O–H groups in total. The van der Waals surface area contributed by atoms with Crippen molar-refractivity contribution >= 4 is 22.5 Å². The molecule has 1 heterocycles. The van der Waals surface area contributed by atoms with Crippen LogP contribution in [0.1, 0.15) is 26.7 Å². The third-order valence-corrected chi connectivity index (χ3v) is 3.20. The van der Waals surface area contributed by atoms with Crippen molar-refractivity contribution in [3.63, 3.8) is 0 Å². The minimum Gasteiger partial charge on any atom is -0.359 e. The van der Waals surface area contributed by atoms with Gasteiger partial charge in [0.05, 0.1) is 11.2 Å². The molecule has 3 heteroatoms. The van der Waals surface area contributed by atoms with Crippen LogP contribution in [0.25, 0.3) is 10.9 Å². The molecule has 0 spiro atoms. The van der Waals surface area contributed by atoms with Crippen LogP contribution in [0.2, 0.25) is 0 Å². The van der Waals surface area contributed by atoms with E-state index in [0.29, 0.717) is 0 Å². The first-order chi connectivity index (χ1) is 8.26. The summed E-state index contributed by atoms with van der Waals surface area (Å²) in [5.74, 6) is 0.206. The van der Waals surface area contributed by atoms with Gasteiger partial charge < -0.3 is 10.3 Å². The number of amides is 1. The fraction of sp³-hybridized carbons (Fsp3) is 0.357. The Labute approximate surface area is 101 Å². The molecule has 0 atom stereocenters. The fourth-order valence-corrected chi connectivity index (χ4v) is 2.08. The number of nitrogens with one attached hydrogen (secondary N) is 2. The molecule has 0 bridgehead atoms. The van der Waals surface area contributed by atoms with Crippen LogP contribution < -0.4 is 5.32 Å². The Morgan fingerprint density at radius 3 is 2.76 bits per heavy atom. The van der Waals surface area contributed by atoms with E-state index in [-0.39, 0.29) is 11.8 Å². The van der Waals surface area contributed by atoms with Gasteiger partial charge in [0.1, 0.15) is 0 Å². The lowest BCUT2D eigenvalue weighted by molar-refractivity contribution is -0.120. The first kappa shape index (κ1) is 11.7. The van der Waals surface area contributed by atoms with Gasteiger partial charge in [-0.1, -0.05) is 26.0 Å². The number of hydrogen-bond donors (Lipinski definition) is 2. The first-order valence-corrected chi connectivity index (χ1v) is 6.13. The molecule has 0 aliphatic carbocycles. The molecular weight excluding hydrogens is 212 g/mol. The number of fused-ring (bicyclic) bond motifs is 1. The molecule has 2 aromatic rings. The van der Waals surface area contributed by atoms with Crippen molar-refractivity contribution in [1.82, 2.24) is 4.98 Å². The molecule has 0 radical (unpaired) electrons. The van der Waals surface area contributed by atoms with Crippen LogP contribution in [0.4, 0.5) is 5.69 Å². The van der Waals surface area contributed by atoms with Crippen molar-refractivity contribution in [3.05, 3.63) is 30.5 Å². The maximum Gasteiger partial charge on any atom is 0.227 e. The van der Waals surface area contributed by atoms with Crippen molar-refractivity contribution in [2.45, 2.75) is 26.7 Å². The number of hydrogen-bond acceptors (Lipinski definition) is 1. The zero-order valence-electron chi connectivity index (χ0n) is 10.3. The molecule has 1 amide bonds. The van der Waals surface area contributed by atoms with Crippen LogP contribution in [0.15, 0.2) is 30.5 Å². The smallest absolute Gasteiger partial charge is 0.227 e. The lowest BCUT2D eigenvalue weighted by Gasteiger charge is -2.13. The van der Waals surface area contributed by atoms with Gasteiger partial charge >= 0.3 is 0 Å². The minimum absolute atomic E-state index is 0.0974. The standard InChI is InChI=1S/C14H18N2O/c1-3-10(4-2)14(17)16-12-7-5-6-11-8-9-15-13(11)12/h5-10,15H,3-4H2,1-2H3,(H,16,17). The van der Waals surface area contributed by atoms with E-state index < -0.39 is 0 Å². The van der Waals surface area contributed by atoms with Gasteiger partial charge in [-0.3, -0.25) is 4.79 Å². The van der Waals surface area contributed by atoms with Gasteiger partial charge in [-0.2, -0.15) is 0 Å². The molecule has 2 rings (SSSR count). The molecule has 1 aromatic heterocycles. The largest absolute Gasteiger partial charge is 0.359 e. The highest BCUT2D eigenvalue weighted by molar-refractivity contribution is 6.01. The predicted molar refractivity (Wildman–Crippen MR) is 71.0 cm³/mol. The summed E-state index contributed by atoms with van der Waals surface area (Å²) in [5, 5.41) is 4.12. The number of benzene rings is 1. The van der Waals surface area contributed by atoms with Gasteiger partial charge in [0.15, 0.2) is 0 Å². The van der Waals surface area contributed by atoms with Crippen molar-refractivity contribution in [2.24, 2.45) is 5.92 Å². The SMILES string of the molecule is CCC(CC)C(=O)Nc1cccc2cc[nH]c12. The van der Waals surface area contributed by atoms with Gasteiger partial charge in [-0.15, -0.1) is 0 Å². The predicted octanol–water partition coefficient (Wildman–Crippen LogP) is 3.54. The summed E-state index contributed by atoms with van der Waals surface area (Å²) < 4.78 is 0. The Balaban J connectivity index is 2.23. The number of rotatable bonds is 4. The zero-order valence-corrected chi connectivity index (χ0v) is 10.3. The van der Waals surface area contributed by atoms with Gasteiger partial charge in [0.25, 0.3) is 0 Å². The van der Waals surface area contributed by atoms with Crippen LogP contribution in [0.3, 0.4) is 0 Å². The van der Waals surface area contributed by atoms with Gasteiger partial charge in [-0.25, -0.2) is 0 Å². The van der Waals surface area contributed by atoms with Crippen molar-refractivity contribution in [1.29, 1.82) is 0 Å². The average Bonchev–Trinajstić information content (AvgIpc) is 2.80. The van der Waals surface area contributed by atoms with Crippen molar-refractivity contribution in [2.75, 3.05) is 5.32 Å². The Morgan fingerprint density at radius 2 is 2.06 bits per heavy atom. The topological polar surface area (TPSA) is 44.9 Å². The monoisotopic (exact) mass is 230 g/mol. The van der Waals surface area contributed by atoms with Crippen molar-refractivity contribution in [3.8, 4) is 0 Å². The van der Waals surface area contributed by atoms with Gasteiger partial charge in [-0.05, 0) is 25.0 Å². The van der Waals surface area contributed by atoms with E-state index in [2.05, 4.69) is 10.3 Å². The number of aromatic nitrogens is 1. The Hall–Kier alpha value is -1.77. The second-order valence-electron chi connectivity index (χ2n) is 4.25. The maximum atomic E-state index is 12.0. The summed E-state index contributed by atoms with van der Waals surface area (Å²) in [7, 11) is 0. The van der Waals surface area contributed by atoms with Crippen LogP contribution in [0, 0.1) is 5.92 Å². The molecule has 90 valence electrons. The molecule has 1 aromatic carbocycles. The van der Waals surface area contributed by atoms with Gasteiger partial charge in [0.2, 0.25) is 5.91 Å². The number of anilines is 1. The number of para-hydroxylation sites is 1. The molecular formula is C14H18N2O. The number of carbonyl (C=O) groups is 1. The molecule has 17 heavy (non-hydrogen) atoms. The second-order valence-corrected chi connectivity index (χ2v) is 4.25. The zero-order chi connectivity index (χ0) is 12.3. The summed E-state index contributed by atoms with van der Waals surface area (Å²) in [5.41, 5.74) is 1.86. The lowest BCUT2D eigenvalue weighted by atomic mass is 10.0. The number of carbonyl (C=O) groups excluding carboxylic acids is 1. The third-order valence-electron chi connectivity index (χ3n) is 3.20. The molecule has 0 aliphatic rings. The lowest BCUT2D eigenvalue weighted by Crippen LogP contribution is -2.21. The average molecular weight is 230 g/mol. The van der Waals surface area contributed by atoms with E-state index in [9.17, 15) is 4.79 Å². The Kier molecular flexibility index (Phi) is 3.47.